The van der Waals surface area contributed by atoms with Gasteiger partial charge in [-0.2, -0.15) is 0 Å². The lowest BCUT2D eigenvalue weighted by molar-refractivity contribution is -0.410. The van der Waals surface area contributed by atoms with E-state index in [2.05, 4.69) is 6.58 Å². The topological polar surface area (TPSA) is 114 Å². The average Bonchev–Trinajstić information content (AvgIpc) is 3.12. The average molecular weight is 649 g/mol. The highest BCUT2D eigenvalue weighted by atomic mass is 16.7. The van der Waals surface area contributed by atoms with Crippen molar-refractivity contribution in [2.24, 2.45) is 0 Å². The molecule has 3 aromatic rings. The molecule has 4 saturated heterocycles. The monoisotopic (exact) mass is 648 g/mol. The minimum atomic E-state index is -1.96. The molecule has 47 heavy (non-hydrogen) atoms. The number of ether oxygens (including phenoxy) is 8. The van der Waals surface area contributed by atoms with E-state index in [0.29, 0.717) is 0 Å². The fraction of sp³-hybridized carbons (Fsp3) is 0.459. The molecule has 4 heterocycles. The highest BCUT2D eigenvalue weighted by Gasteiger charge is 2.70. The van der Waals surface area contributed by atoms with Crippen LogP contribution in [-0.2, 0) is 57.7 Å². The van der Waals surface area contributed by atoms with Crippen molar-refractivity contribution in [1.82, 2.24) is 0 Å². The number of rotatable bonds is 14. The van der Waals surface area contributed by atoms with E-state index < -0.39 is 60.2 Å². The summed E-state index contributed by atoms with van der Waals surface area (Å²) >= 11 is 0. The molecule has 0 unspecified atom stereocenters. The standard InChI is InChI=1S/C37H44O10/c1-4-36-24-45-30(29(40-2)32(36)38)34(47-36)37(39)28(23-42-20-25-14-8-5-9-15-25)46-35(41-3)31(43-21-26-16-10-6-11-17-26)33(37)44-22-27-18-12-7-13-19-27/h4-19,28-35,38-39H,1,20-24H2,2-3H3/t28-,29-,30+,31-,32+,33-,34-,35+,36-,37-/m1/s1. The molecule has 10 atom stereocenters. The lowest BCUT2D eigenvalue weighted by atomic mass is 9.71. The second-order valence-corrected chi connectivity index (χ2v) is 12.2. The molecule has 0 amide bonds. The molecule has 4 fully saturated rings. The molecule has 2 bridgehead atoms. The summed E-state index contributed by atoms with van der Waals surface area (Å²) in [5.41, 5.74) is -0.540. The maximum absolute atomic E-state index is 13.3. The molecular formula is C37H44O10. The summed E-state index contributed by atoms with van der Waals surface area (Å²) in [7, 11) is 3.01. The Morgan fingerprint density at radius 3 is 1.94 bits per heavy atom. The first kappa shape index (κ1) is 33.9. The molecule has 10 nitrogen and oxygen atoms in total. The molecule has 0 radical (unpaired) electrons. The number of fused-ring (bicyclic) bond motifs is 3. The number of hydrogen-bond acceptors (Lipinski definition) is 10. The van der Waals surface area contributed by atoms with Crippen molar-refractivity contribution in [3.05, 3.63) is 120 Å². The van der Waals surface area contributed by atoms with E-state index in [1.54, 1.807) is 0 Å². The van der Waals surface area contributed by atoms with Crippen molar-refractivity contribution in [2.75, 3.05) is 27.4 Å². The zero-order chi connectivity index (χ0) is 32.9. The first-order valence-electron chi connectivity index (χ1n) is 15.9. The van der Waals surface area contributed by atoms with E-state index >= 15 is 0 Å². The highest BCUT2D eigenvalue weighted by Crippen LogP contribution is 2.48. The normalized spacial score (nSPS) is 35.1. The van der Waals surface area contributed by atoms with E-state index in [4.69, 9.17) is 37.9 Å². The van der Waals surface area contributed by atoms with Gasteiger partial charge in [-0.25, -0.2) is 0 Å². The van der Waals surface area contributed by atoms with E-state index in [-0.39, 0.29) is 33.0 Å². The van der Waals surface area contributed by atoms with Crippen LogP contribution in [0.3, 0.4) is 0 Å². The van der Waals surface area contributed by atoms with Gasteiger partial charge in [0.2, 0.25) is 0 Å². The summed E-state index contributed by atoms with van der Waals surface area (Å²) in [6, 6.07) is 29.1. The summed E-state index contributed by atoms with van der Waals surface area (Å²) < 4.78 is 50.4. The van der Waals surface area contributed by atoms with Gasteiger partial charge in [-0.1, -0.05) is 97.1 Å². The van der Waals surface area contributed by atoms with Gasteiger partial charge < -0.3 is 48.1 Å². The Kier molecular flexibility index (Phi) is 10.8. The van der Waals surface area contributed by atoms with Crippen LogP contribution in [0.2, 0.25) is 0 Å². The van der Waals surface area contributed by atoms with Gasteiger partial charge in [-0.3, -0.25) is 0 Å². The highest BCUT2D eigenvalue weighted by molar-refractivity contribution is 5.22. The van der Waals surface area contributed by atoms with E-state index in [0.717, 1.165) is 16.7 Å². The smallest absolute Gasteiger partial charge is 0.186 e. The summed E-state index contributed by atoms with van der Waals surface area (Å²) in [4.78, 5) is 0. The Morgan fingerprint density at radius 2 is 1.38 bits per heavy atom. The van der Waals surface area contributed by atoms with Crippen molar-refractivity contribution in [2.45, 2.75) is 80.0 Å². The minimum absolute atomic E-state index is 0.0367. The first-order chi connectivity index (χ1) is 22.9. The van der Waals surface area contributed by atoms with Gasteiger partial charge >= 0.3 is 0 Å². The first-order valence-corrected chi connectivity index (χ1v) is 15.9. The molecule has 0 saturated carbocycles. The zero-order valence-corrected chi connectivity index (χ0v) is 26.8. The van der Waals surface area contributed by atoms with Crippen LogP contribution in [0.5, 0.6) is 0 Å². The van der Waals surface area contributed by atoms with Crippen molar-refractivity contribution in [1.29, 1.82) is 0 Å². The quantitative estimate of drug-likeness (QED) is 0.252. The fourth-order valence-corrected chi connectivity index (χ4v) is 6.80. The Morgan fingerprint density at radius 1 is 0.809 bits per heavy atom. The van der Waals surface area contributed by atoms with E-state index in [1.165, 1.54) is 20.3 Å². The Hall–Kier alpha value is -3.00. The van der Waals surface area contributed by atoms with Crippen LogP contribution in [0.1, 0.15) is 16.7 Å². The zero-order valence-electron chi connectivity index (χ0n) is 26.8. The molecule has 2 N–H and O–H groups in total. The second-order valence-electron chi connectivity index (χ2n) is 12.2. The molecule has 4 aliphatic rings. The predicted molar refractivity (Wildman–Crippen MR) is 171 cm³/mol. The lowest BCUT2D eigenvalue weighted by Gasteiger charge is -2.62. The Labute approximate surface area is 275 Å². The number of aliphatic hydroxyl groups is 2. The van der Waals surface area contributed by atoms with Crippen LogP contribution < -0.4 is 0 Å². The van der Waals surface area contributed by atoms with Crippen molar-refractivity contribution < 1.29 is 48.1 Å². The molecule has 252 valence electrons. The second kappa shape index (κ2) is 15.0. The van der Waals surface area contributed by atoms with Crippen LogP contribution in [0.4, 0.5) is 0 Å². The molecule has 7 rings (SSSR count). The molecule has 0 spiro atoms. The third kappa shape index (κ3) is 6.81. The van der Waals surface area contributed by atoms with Crippen LogP contribution in [0.25, 0.3) is 0 Å². The SMILES string of the molecule is C=C[C@@]12CO[C@@H]([C@@H](OC)[C@@H]1O)[C@H]([C@]1(O)[C@H](OCc3ccccc3)[C@@H](OCc3ccccc3)[C@@H](OC)O[C@@H]1COCc1ccccc1)O2. The maximum Gasteiger partial charge on any atom is 0.186 e. The van der Waals surface area contributed by atoms with Gasteiger partial charge in [0.1, 0.15) is 48.3 Å². The van der Waals surface area contributed by atoms with Crippen LogP contribution in [-0.4, -0.2) is 97.9 Å². The number of aliphatic hydroxyl groups excluding tert-OH is 1. The van der Waals surface area contributed by atoms with Gasteiger partial charge in [0.25, 0.3) is 0 Å². The fourth-order valence-electron chi connectivity index (χ4n) is 6.80. The van der Waals surface area contributed by atoms with Crippen LogP contribution >= 0.6 is 0 Å². The summed E-state index contributed by atoms with van der Waals surface area (Å²) in [5, 5.41) is 24.5. The number of benzene rings is 3. The van der Waals surface area contributed by atoms with E-state index in [9.17, 15) is 10.2 Å². The third-order valence-electron chi connectivity index (χ3n) is 9.36. The van der Waals surface area contributed by atoms with Gasteiger partial charge in [0, 0.05) is 14.2 Å². The van der Waals surface area contributed by atoms with Gasteiger partial charge in [-0.15, -0.1) is 6.58 Å². The predicted octanol–water partition coefficient (Wildman–Crippen LogP) is 3.57. The summed E-state index contributed by atoms with van der Waals surface area (Å²) in [6.07, 6.45) is -6.42. The molecule has 4 aliphatic heterocycles. The van der Waals surface area contributed by atoms with Crippen molar-refractivity contribution in [3.63, 3.8) is 0 Å². The summed E-state index contributed by atoms with van der Waals surface area (Å²) in [5.74, 6) is 0. The van der Waals surface area contributed by atoms with Crippen molar-refractivity contribution in [3.8, 4) is 0 Å². The Balaban J connectivity index is 1.40. The molecular weight excluding hydrogens is 604 g/mol. The largest absolute Gasteiger partial charge is 0.387 e. The van der Waals surface area contributed by atoms with Gasteiger partial charge in [-0.05, 0) is 16.7 Å². The maximum atomic E-state index is 13.3. The van der Waals surface area contributed by atoms with E-state index in [1.807, 2.05) is 91.0 Å². The molecule has 0 aromatic heterocycles. The third-order valence-corrected chi connectivity index (χ3v) is 9.36. The molecule has 3 aromatic carbocycles. The molecule has 0 aliphatic carbocycles. The van der Waals surface area contributed by atoms with Gasteiger partial charge in [0.05, 0.1) is 33.0 Å². The van der Waals surface area contributed by atoms with Crippen LogP contribution in [0, 0.1) is 0 Å². The molecule has 10 heteroatoms. The summed E-state index contributed by atoms with van der Waals surface area (Å²) in [6.45, 7) is 4.56. The minimum Gasteiger partial charge on any atom is -0.387 e. The van der Waals surface area contributed by atoms with Crippen LogP contribution in [0.15, 0.2) is 104 Å². The Bertz CT molecular complexity index is 1410. The van der Waals surface area contributed by atoms with Crippen molar-refractivity contribution >= 4 is 0 Å². The number of methoxy groups -OCH3 is 2. The lowest BCUT2D eigenvalue weighted by Crippen LogP contribution is -2.82. The number of hydrogen-bond donors (Lipinski definition) is 2. The van der Waals surface area contributed by atoms with Gasteiger partial charge in [0.15, 0.2) is 11.9 Å².